The number of nitrogens with one attached hydrogen (secondary N) is 1. The lowest BCUT2D eigenvalue weighted by molar-refractivity contribution is -0.126. The molecule has 138 valence electrons. The first-order valence-electron chi connectivity index (χ1n) is 7.95. The Morgan fingerprint density at radius 1 is 1.19 bits per heavy atom. The van der Waals surface area contributed by atoms with E-state index in [9.17, 15) is 4.79 Å². The number of hydrogen-bond acceptors (Lipinski definition) is 5. The van der Waals surface area contributed by atoms with Crippen molar-refractivity contribution in [2.24, 2.45) is 5.16 Å². The Morgan fingerprint density at radius 2 is 1.96 bits per heavy atom. The first kappa shape index (κ1) is 19.6. The summed E-state index contributed by atoms with van der Waals surface area (Å²) in [5, 5.41) is 7.25. The summed E-state index contributed by atoms with van der Waals surface area (Å²) >= 11 is 5.95. The summed E-state index contributed by atoms with van der Waals surface area (Å²) in [4.78, 5) is 17.0. The molecule has 2 aromatic carbocycles. The molecular weight excluding hydrogens is 356 g/mol. The molecular formula is C19H21ClN2O4. The Balaban J connectivity index is 1.83. The number of hydrogen-bond donors (Lipinski definition) is 1. The summed E-state index contributed by atoms with van der Waals surface area (Å²) < 4.78 is 10.4. The molecule has 0 aliphatic carbocycles. The van der Waals surface area contributed by atoms with Gasteiger partial charge in [0.25, 0.3) is 5.91 Å². The monoisotopic (exact) mass is 376 g/mol. The minimum absolute atomic E-state index is 0.181. The third-order valence-corrected chi connectivity index (χ3v) is 3.84. The standard InChI is InChI=1S/C19H21ClN2O4/c1-13(15-5-4-6-16(20)10-15)22-19(23)12-26-21-11-14-7-8-17(24-2)18(9-14)25-3/h4-11,13H,12H2,1-3H3,(H,22,23)/b21-11+. The predicted molar refractivity (Wildman–Crippen MR) is 101 cm³/mol. The van der Waals surface area contributed by atoms with Gasteiger partial charge in [-0.1, -0.05) is 28.9 Å². The quantitative estimate of drug-likeness (QED) is 0.564. The number of carbonyl (C=O) groups is 1. The third-order valence-electron chi connectivity index (χ3n) is 3.61. The highest BCUT2D eigenvalue weighted by atomic mass is 35.5. The van der Waals surface area contributed by atoms with Crippen molar-refractivity contribution < 1.29 is 19.1 Å². The van der Waals surface area contributed by atoms with Crippen molar-refractivity contribution in [3.63, 3.8) is 0 Å². The zero-order valence-electron chi connectivity index (χ0n) is 14.9. The van der Waals surface area contributed by atoms with Gasteiger partial charge in [-0.25, -0.2) is 0 Å². The molecule has 0 aliphatic rings. The lowest BCUT2D eigenvalue weighted by Crippen LogP contribution is -2.29. The minimum Gasteiger partial charge on any atom is -0.493 e. The van der Waals surface area contributed by atoms with E-state index in [-0.39, 0.29) is 18.6 Å². The van der Waals surface area contributed by atoms with E-state index in [0.717, 1.165) is 11.1 Å². The van der Waals surface area contributed by atoms with Gasteiger partial charge in [-0.2, -0.15) is 0 Å². The zero-order chi connectivity index (χ0) is 18.9. The van der Waals surface area contributed by atoms with Crippen LogP contribution in [0.3, 0.4) is 0 Å². The van der Waals surface area contributed by atoms with Crippen molar-refractivity contribution in [1.29, 1.82) is 0 Å². The molecule has 0 saturated carbocycles. The maximum absolute atomic E-state index is 11.9. The van der Waals surface area contributed by atoms with Gasteiger partial charge in [0, 0.05) is 10.6 Å². The molecule has 26 heavy (non-hydrogen) atoms. The van der Waals surface area contributed by atoms with Crippen LogP contribution in [0.15, 0.2) is 47.6 Å². The van der Waals surface area contributed by atoms with Crippen LogP contribution in [0, 0.1) is 0 Å². The average Bonchev–Trinajstić information content (AvgIpc) is 2.65. The molecule has 1 N–H and O–H groups in total. The van der Waals surface area contributed by atoms with Crippen molar-refractivity contribution in [3.05, 3.63) is 58.6 Å². The Hall–Kier alpha value is -2.73. The highest BCUT2D eigenvalue weighted by molar-refractivity contribution is 6.30. The van der Waals surface area contributed by atoms with Crippen LogP contribution >= 0.6 is 11.6 Å². The molecule has 6 nitrogen and oxygen atoms in total. The van der Waals surface area contributed by atoms with Crippen molar-refractivity contribution in [2.45, 2.75) is 13.0 Å². The van der Waals surface area contributed by atoms with Crippen LogP contribution in [0.5, 0.6) is 11.5 Å². The van der Waals surface area contributed by atoms with E-state index in [1.165, 1.54) is 6.21 Å². The topological polar surface area (TPSA) is 69.2 Å². The van der Waals surface area contributed by atoms with Gasteiger partial charge in [-0.15, -0.1) is 0 Å². The molecule has 0 bridgehead atoms. The van der Waals surface area contributed by atoms with E-state index in [1.54, 1.807) is 38.5 Å². The van der Waals surface area contributed by atoms with Crippen LogP contribution in [0.25, 0.3) is 0 Å². The van der Waals surface area contributed by atoms with E-state index in [4.69, 9.17) is 25.9 Å². The highest BCUT2D eigenvalue weighted by Gasteiger charge is 2.10. The van der Waals surface area contributed by atoms with Crippen LogP contribution in [-0.4, -0.2) is 32.9 Å². The van der Waals surface area contributed by atoms with Gasteiger partial charge < -0.3 is 19.6 Å². The fourth-order valence-electron chi connectivity index (χ4n) is 2.27. The molecule has 0 aliphatic heterocycles. The van der Waals surface area contributed by atoms with Gasteiger partial charge in [-0.05, 0) is 42.8 Å². The van der Waals surface area contributed by atoms with Crippen LogP contribution < -0.4 is 14.8 Å². The van der Waals surface area contributed by atoms with Crippen molar-refractivity contribution in [1.82, 2.24) is 5.32 Å². The molecule has 0 saturated heterocycles. The number of ether oxygens (including phenoxy) is 2. The molecule has 0 spiro atoms. The second kappa shape index (κ2) is 9.68. The Kier molecular flexibility index (Phi) is 7.29. The van der Waals surface area contributed by atoms with E-state index < -0.39 is 0 Å². The SMILES string of the molecule is COc1ccc(/C=N/OCC(=O)NC(C)c2cccc(Cl)c2)cc1OC. The van der Waals surface area contributed by atoms with E-state index in [2.05, 4.69) is 10.5 Å². The number of nitrogens with zero attached hydrogens (tertiary/aromatic N) is 1. The molecule has 7 heteroatoms. The zero-order valence-corrected chi connectivity index (χ0v) is 15.6. The summed E-state index contributed by atoms with van der Waals surface area (Å²) in [6.45, 7) is 1.69. The van der Waals surface area contributed by atoms with E-state index in [0.29, 0.717) is 16.5 Å². The number of rotatable bonds is 8. The molecule has 1 unspecified atom stereocenters. The Bertz CT molecular complexity index is 780. The molecule has 1 amide bonds. The van der Waals surface area contributed by atoms with Gasteiger partial charge in [0.05, 0.1) is 26.5 Å². The smallest absolute Gasteiger partial charge is 0.261 e. The predicted octanol–water partition coefficient (Wildman–Crippen LogP) is 3.59. The number of amides is 1. The summed E-state index contributed by atoms with van der Waals surface area (Å²) in [7, 11) is 3.12. The lowest BCUT2D eigenvalue weighted by atomic mass is 10.1. The van der Waals surface area contributed by atoms with Gasteiger partial charge in [0.2, 0.25) is 0 Å². The summed E-state index contributed by atoms with van der Waals surface area (Å²) in [6, 6.07) is 12.5. The molecule has 0 heterocycles. The van der Waals surface area contributed by atoms with Crippen molar-refractivity contribution in [3.8, 4) is 11.5 Å². The maximum atomic E-state index is 11.9. The number of halogens is 1. The summed E-state index contributed by atoms with van der Waals surface area (Å²) in [6.07, 6.45) is 1.50. The van der Waals surface area contributed by atoms with Crippen LogP contribution in [0.2, 0.25) is 5.02 Å². The fraction of sp³-hybridized carbons (Fsp3) is 0.263. The van der Waals surface area contributed by atoms with Crippen LogP contribution in [0.1, 0.15) is 24.1 Å². The number of oxime groups is 1. The van der Waals surface area contributed by atoms with Gasteiger partial charge in [0.15, 0.2) is 18.1 Å². The molecule has 0 radical (unpaired) electrons. The Labute approximate surface area is 157 Å². The first-order chi connectivity index (χ1) is 12.5. The largest absolute Gasteiger partial charge is 0.493 e. The Morgan fingerprint density at radius 3 is 2.65 bits per heavy atom. The third kappa shape index (κ3) is 5.67. The van der Waals surface area contributed by atoms with E-state index in [1.807, 2.05) is 25.1 Å². The maximum Gasteiger partial charge on any atom is 0.261 e. The molecule has 0 aromatic heterocycles. The lowest BCUT2D eigenvalue weighted by Gasteiger charge is -2.14. The number of benzene rings is 2. The second-order valence-electron chi connectivity index (χ2n) is 5.47. The molecule has 2 aromatic rings. The minimum atomic E-state index is -0.276. The molecule has 0 fully saturated rings. The molecule has 1 atom stereocenters. The highest BCUT2D eigenvalue weighted by Crippen LogP contribution is 2.26. The average molecular weight is 377 g/mol. The van der Waals surface area contributed by atoms with Gasteiger partial charge >= 0.3 is 0 Å². The van der Waals surface area contributed by atoms with Gasteiger partial charge in [0.1, 0.15) is 0 Å². The summed E-state index contributed by atoms with van der Waals surface area (Å²) in [5.41, 5.74) is 1.68. The number of carbonyl (C=O) groups excluding carboxylic acids is 1. The van der Waals surface area contributed by atoms with Crippen LogP contribution in [0.4, 0.5) is 0 Å². The second-order valence-corrected chi connectivity index (χ2v) is 5.90. The van der Waals surface area contributed by atoms with Crippen molar-refractivity contribution >= 4 is 23.7 Å². The first-order valence-corrected chi connectivity index (χ1v) is 8.33. The summed E-state index contributed by atoms with van der Waals surface area (Å²) in [5.74, 6) is 0.937. The number of methoxy groups -OCH3 is 2. The van der Waals surface area contributed by atoms with Gasteiger partial charge in [-0.3, -0.25) is 4.79 Å². The van der Waals surface area contributed by atoms with E-state index >= 15 is 0 Å². The normalized spacial score (nSPS) is 11.8. The fourth-order valence-corrected chi connectivity index (χ4v) is 2.47. The van der Waals surface area contributed by atoms with Crippen molar-refractivity contribution in [2.75, 3.05) is 20.8 Å². The van der Waals surface area contributed by atoms with Crippen LogP contribution in [-0.2, 0) is 9.63 Å². The molecule has 2 rings (SSSR count).